The van der Waals surface area contributed by atoms with E-state index in [-0.39, 0.29) is 17.6 Å². The molecule has 3 aromatic rings. The van der Waals surface area contributed by atoms with E-state index in [1.54, 1.807) is 0 Å². The molecule has 0 aromatic heterocycles. The maximum atomic E-state index is 13.9. The Kier molecular flexibility index (Phi) is 9.89. The van der Waals surface area contributed by atoms with Gasteiger partial charge in [-0.25, -0.2) is 0 Å². The van der Waals surface area contributed by atoms with E-state index < -0.39 is 5.41 Å². The van der Waals surface area contributed by atoms with Gasteiger partial charge in [0.2, 0.25) is 0 Å². The van der Waals surface area contributed by atoms with E-state index in [0.29, 0.717) is 13.0 Å². The van der Waals surface area contributed by atoms with Crippen molar-refractivity contribution in [3.8, 4) is 5.75 Å². The molecule has 3 aromatic carbocycles. The summed E-state index contributed by atoms with van der Waals surface area (Å²) in [6, 6.07) is 27.0. The quantitative estimate of drug-likeness (QED) is 0.232. The molecule has 3 heteroatoms. The molecular weight excluding hydrogens is 442 g/mol. The van der Waals surface area contributed by atoms with E-state index in [1.165, 1.54) is 11.1 Å². The van der Waals surface area contributed by atoms with Gasteiger partial charge >= 0.3 is 0 Å². The van der Waals surface area contributed by atoms with Gasteiger partial charge < -0.3 is 9.64 Å². The van der Waals surface area contributed by atoms with Crippen LogP contribution in [-0.2, 0) is 5.41 Å². The summed E-state index contributed by atoms with van der Waals surface area (Å²) in [5.74, 6) is 1.54. The van der Waals surface area contributed by atoms with Crippen LogP contribution in [0.2, 0.25) is 0 Å². The second-order valence-corrected chi connectivity index (χ2v) is 10.2. The Labute approximate surface area is 218 Å². The number of carbonyl (C=O) groups is 1. The molecule has 192 valence electrons. The number of rotatable bonds is 13. The maximum Gasteiger partial charge on any atom is 0.164 e. The van der Waals surface area contributed by atoms with Crippen molar-refractivity contribution in [2.45, 2.75) is 59.3 Å². The normalized spacial score (nSPS) is 11.9. The summed E-state index contributed by atoms with van der Waals surface area (Å²) in [6.07, 6.45) is 0.415. The predicted molar refractivity (Wildman–Crippen MR) is 151 cm³/mol. The van der Waals surface area contributed by atoms with Crippen LogP contribution < -0.4 is 4.74 Å². The Morgan fingerprint density at radius 3 is 1.86 bits per heavy atom. The minimum atomic E-state index is -0.406. The smallest absolute Gasteiger partial charge is 0.164 e. The molecule has 0 aliphatic carbocycles. The van der Waals surface area contributed by atoms with Crippen LogP contribution in [0.4, 0.5) is 0 Å². The number of hydrogen-bond donors (Lipinski definition) is 0. The molecule has 0 aliphatic rings. The van der Waals surface area contributed by atoms with E-state index >= 15 is 0 Å². The summed E-state index contributed by atoms with van der Waals surface area (Å²) < 4.78 is 6.19. The van der Waals surface area contributed by atoms with Gasteiger partial charge in [0.25, 0.3) is 0 Å². The van der Waals surface area contributed by atoms with Gasteiger partial charge in [0.05, 0.1) is 0 Å². The molecule has 0 radical (unpaired) electrons. The molecule has 0 fully saturated rings. The lowest BCUT2D eigenvalue weighted by Gasteiger charge is -2.39. The molecule has 0 aliphatic heterocycles. The van der Waals surface area contributed by atoms with Gasteiger partial charge in [-0.2, -0.15) is 0 Å². The van der Waals surface area contributed by atoms with E-state index in [4.69, 9.17) is 4.74 Å². The van der Waals surface area contributed by atoms with Crippen molar-refractivity contribution in [2.75, 3.05) is 26.2 Å². The van der Waals surface area contributed by atoms with E-state index in [2.05, 4.69) is 101 Å². The maximum absolute atomic E-state index is 13.9. The first-order valence-corrected chi connectivity index (χ1v) is 13.5. The summed E-state index contributed by atoms with van der Waals surface area (Å²) in [5, 5.41) is 0. The van der Waals surface area contributed by atoms with Gasteiger partial charge in [0.15, 0.2) is 5.78 Å². The molecule has 3 nitrogen and oxygen atoms in total. The van der Waals surface area contributed by atoms with Gasteiger partial charge in [0.1, 0.15) is 12.4 Å². The van der Waals surface area contributed by atoms with Crippen molar-refractivity contribution >= 4 is 5.78 Å². The minimum Gasteiger partial charge on any atom is -0.492 e. The predicted octanol–water partition coefficient (Wildman–Crippen LogP) is 7.75. The monoisotopic (exact) mass is 485 g/mol. The summed E-state index contributed by atoms with van der Waals surface area (Å²) in [5.41, 5.74) is 3.80. The molecule has 0 heterocycles. The Balaban J connectivity index is 1.94. The molecule has 0 N–H and O–H groups in total. The standard InChI is InChI=1S/C33H43NO2/c1-7-34(8-2)21-22-36-32-20-19-27(23-30(32)25(3)4)31(35)24-33(26(5)6,28-15-11-9-12-16-28)29-17-13-10-14-18-29/h9-20,23,25-26H,7-8,21-22,24H2,1-6H3. The number of Topliss-reactive ketones (excluding diaryl/α,β-unsaturated/α-hetero) is 1. The van der Waals surface area contributed by atoms with Gasteiger partial charge in [-0.3, -0.25) is 4.79 Å². The van der Waals surface area contributed by atoms with Crippen LogP contribution in [0.1, 0.15) is 80.9 Å². The SMILES string of the molecule is CCN(CC)CCOc1ccc(C(=O)CC(c2ccccc2)(c2ccccc2)C(C)C)cc1C(C)C. The topological polar surface area (TPSA) is 29.5 Å². The average molecular weight is 486 g/mol. The molecular formula is C33H43NO2. The summed E-state index contributed by atoms with van der Waals surface area (Å²) in [7, 11) is 0. The molecule has 0 amide bonds. The van der Waals surface area contributed by atoms with E-state index in [1.807, 2.05) is 24.3 Å². The van der Waals surface area contributed by atoms with Crippen LogP contribution in [0.25, 0.3) is 0 Å². The highest BCUT2D eigenvalue weighted by Crippen LogP contribution is 2.43. The lowest BCUT2D eigenvalue weighted by molar-refractivity contribution is 0.0944. The van der Waals surface area contributed by atoms with Gasteiger partial charge in [-0.1, -0.05) is 102 Å². The highest BCUT2D eigenvalue weighted by atomic mass is 16.5. The molecule has 0 saturated heterocycles. The Bertz CT molecular complexity index is 1050. The van der Waals surface area contributed by atoms with Crippen LogP contribution in [0, 0.1) is 5.92 Å². The third-order valence-corrected chi connectivity index (χ3v) is 7.52. The Morgan fingerprint density at radius 1 is 0.833 bits per heavy atom. The fraction of sp³-hybridized carbons (Fsp3) is 0.424. The molecule has 0 unspecified atom stereocenters. The number of carbonyl (C=O) groups excluding carboxylic acids is 1. The molecule has 0 atom stereocenters. The number of likely N-dealkylation sites (N-methyl/N-ethyl adjacent to an activating group) is 1. The summed E-state index contributed by atoms with van der Waals surface area (Å²) >= 11 is 0. The Morgan fingerprint density at radius 2 is 1.39 bits per heavy atom. The molecule has 36 heavy (non-hydrogen) atoms. The number of hydrogen-bond acceptors (Lipinski definition) is 3. The number of ketones is 1. The zero-order valence-corrected chi connectivity index (χ0v) is 23.0. The van der Waals surface area contributed by atoms with Crippen LogP contribution in [0.15, 0.2) is 78.9 Å². The zero-order valence-electron chi connectivity index (χ0n) is 23.0. The molecule has 0 saturated carbocycles. The molecule has 0 spiro atoms. The summed E-state index contributed by atoms with van der Waals surface area (Å²) in [4.78, 5) is 16.3. The first-order valence-electron chi connectivity index (χ1n) is 13.5. The second-order valence-electron chi connectivity index (χ2n) is 10.2. The van der Waals surface area contributed by atoms with E-state index in [0.717, 1.165) is 36.5 Å². The molecule has 0 bridgehead atoms. The summed E-state index contributed by atoms with van der Waals surface area (Å²) in [6.45, 7) is 16.7. The first kappa shape index (κ1) is 27.7. The lowest BCUT2D eigenvalue weighted by atomic mass is 9.64. The van der Waals surface area contributed by atoms with Crippen molar-refractivity contribution in [1.82, 2.24) is 4.90 Å². The van der Waals surface area contributed by atoms with Crippen LogP contribution in [0.5, 0.6) is 5.75 Å². The number of nitrogens with zero attached hydrogens (tertiary/aromatic N) is 1. The Hall–Kier alpha value is -2.91. The van der Waals surface area contributed by atoms with Gasteiger partial charge in [-0.05, 0) is 59.8 Å². The van der Waals surface area contributed by atoms with Crippen LogP contribution in [-0.4, -0.2) is 36.9 Å². The number of ether oxygens (including phenoxy) is 1. The largest absolute Gasteiger partial charge is 0.492 e. The zero-order chi connectivity index (χ0) is 26.1. The fourth-order valence-electron chi connectivity index (χ4n) is 5.20. The third kappa shape index (κ3) is 6.25. The van der Waals surface area contributed by atoms with Crippen LogP contribution >= 0.6 is 0 Å². The van der Waals surface area contributed by atoms with Gasteiger partial charge in [-0.15, -0.1) is 0 Å². The second kappa shape index (κ2) is 12.9. The highest BCUT2D eigenvalue weighted by molar-refractivity contribution is 5.97. The van der Waals surface area contributed by atoms with Crippen molar-refractivity contribution < 1.29 is 9.53 Å². The van der Waals surface area contributed by atoms with Gasteiger partial charge in [0, 0.05) is 23.9 Å². The first-order chi connectivity index (χ1) is 17.3. The number of benzene rings is 3. The average Bonchev–Trinajstić information content (AvgIpc) is 2.90. The highest BCUT2D eigenvalue weighted by Gasteiger charge is 2.39. The minimum absolute atomic E-state index is 0.160. The van der Waals surface area contributed by atoms with E-state index in [9.17, 15) is 4.79 Å². The lowest BCUT2D eigenvalue weighted by Crippen LogP contribution is -2.36. The van der Waals surface area contributed by atoms with Crippen molar-refractivity contribution in [1.29, 1.82) is 0 Å². The fourth-order valence-corrected chi connectivity index (χ4v) is 5.20. The third-order valence-electron chi connectivity index (χ3n) is 7.52. The van der Waals surface area contributed by atoms with Crippen molar-refractivity contribution in [3.63, 3.8) is 0 Å². The van der Waals surface area contributed by atoms with Crippen molar-refractivity contribution in [2.24, 2.45) is 5.92 Å². The molecule has 3 rings (SSSR count). The van der Waals surface area contributed by atoms with Crippen molar-refractivity contribution in [3.05, 3.63) is 101 Å². The van der Waals surface area contributed by atoms with Crippen LogP contribution in [0.3, 0.4) is 0 Å².